The van der Waals surface area contributed by atoms with Gasteiger partial charge in [-0.05, 0) is 53.6 Å². The molecule has 0 radical (unpaired) electrons. The van der Waals surface area contributed by atoms with Crippen molar-refractivity contribution in [2.24, 2.45) is 5.92 Å². The minimum Gasteiger partial charge on any atom is -0.357 e. The van der Waals surface area contributed by atoms with E-state index in [0.29, 0.717) is 36.1 Å². The molecule has 2 atom stereocenters. The van der Waals surface area contributed by atoms with E-state index in [4.69, 9.17) is 0 Å². The van der Waals surface area contributed by atoms with Crippen LogP contribution in [-0.4, -0.2) is 11.7 Å². The van der Waals surface area contributed by atoms with Gasteiger partial charge >= 0.3 is 0 Å². The van der Waals surface area contributed by atoms with Crippen molar-refractivity contribution >= 4 is 23.1 Å². The number of carbonyl (C=O) groups is 2. The van der Waals surface area contributed by atoms with Gasteiger partial charge in [-0.1, -0.05) is 68.4 Å². The molecular formula is C30H29FN2O2. The van der Waals surface area contributed by atoms with E-state index in [0.717, 1.165) is 16.9 Å². The highest BCUT2D eigenvalue weighted by atomic mass is 19.1. The number of hydrogen-bond donors (Lipinski definition) is 1. The standard InChI is InChI=1S/C30H29FN2O2/c1-19(2)15-28(35)33-26-14-7-6-13-24(26)32-25-17-22(20-9-4-3-5-10-20)18-27(34)29(25)30(33)21-11-8-12-23(31)16-21/h3-14,16,19,22,30,32H,15,17-18H2,1-2H3/t22-,30-/m1/s1. The smallest absolute Gasteiger partial charge is 0.228 e. The molecule has 1 aliphatic carbocycles. The van der Waals surface area contributed by atoms with Crippen LogP contribution in [0.3, 0.4) is 0 Å². The maximum atomic E-state index is 14.4. The fraction of sp³-hybridized carbons (Fsp3) is 0.267. The highest BCUT2D eigenvalue weighted by molar-refractivity contribution is 6.06. The Morgan fingerprint density at radius 2 is 1.69 bits per heavy atom. The number of amides is 1. The fourth-order valence-electron chi connectivity index (χ4n) is 5.27. The summed E-state index contributed by atoms with van der Waals surface area (Å²) < 4.78 is 14.4. The number of fused-ring (bicyclic) bond motifs is 1. The number of allylic oxidation sites excluding steroid dienone is 1. The topological polar surface area (TPSA) is 49.4 Å². The zero-order valence-electron chi connectivity index (χ0n) is 20.0. The minimum absolute atomic E-state index is 0.0167. The van der Waals surface area contributed by atoms with Crippen LogP contribution in [0.15, 0.2) is 90.1 Å². The molecule has 5 heteroatoms. The Bertz CT molecular complexity index is 1300. The van der Waals surface area contributed by atoms with Crippen LogP contribution in [0.4, 0.5) is 15.8 Å². The number of hydrogen-bond acceptors (Lipinski definition) is 3. The fourth-order valence-corrected chi connectivity index (χ4v) is 5.27. The molecule has 0 bridgehead atoms. The van der Waals surface area contributed by atoms with Gasteiger partial charge in [0.2, 0.25) is 5.91 Å². The lowest BCUT2D eigenvalue weighted by molar-refractivity contribution is -0.119. The zero-order chi connectivity index (χ0) is 24.5. The maximum absolute atomic E-state index is 14.4. The Labute approximate surface area is 205 Å². The number of benzene rings is 3. The summed E-state index contributed by atoms with van der Waals surface area (Å²) >= 11 is 0. The molecule has 2 aliphatic rings. The lowest BCUT2D eigenvalue weighted by Crippen LogP contribution is -2.39. The summed E-state index contributed by atoms with van der Waals surface area (Å²) in [5.41, 5.74) is 4.54. The molecule has 35 heavy (non-hydrogen) atoms. The molecule has 178 valence electrons. The zero-order valence-corrected chi connectivity index (χ0v) is 20.0. The highest BCUT2D eigenvalue weighted by Gasteiger charge is 2.41. The lowest BCUT2D eigenvalue weighted by atomic mass is 9.78. The van der Waals surface area contributed by atoms with Crippen molar-refractivity contribution in [1.82, 2.24) is 0 Å². The molecule has 0 saturated heterocycles. The molecule has 1 amide bonds. The van der Waals surface area contributed by atoms with Crippen molar-refractivity contribution < 1.29 is 14.0 Å². The normalized spacial score (nSPS) is 19.7. The van der Waals surface area contributed by atoms with Gasteiger partial charge < -0.3 is 5.32 Å². The van der Waals surface area contributed by atoms with Crippen LogP contribution in [0.25, 0.3) is 0 Å². The number of Topliss-reactive ketones (excluding diaryl/α,β-unsaturated/α-hetero) is 1. The number of para-hydroxylation sites is 2. The molecule has 1 N–H and O–H groups in total. The van der Waals surface area contributed by atoms with Crippen LogP contribution in [0.2, 0.25) is 0 Å². The van der Waals surface area contributed by atoms with Crippen molar-refractivity contribution in [3.05, 3.63) is 107 Å². The lowest BCUT2D eigenvalue weighted by Gasteiger charge is -2.35. The largest absolute Gasteiger partial charge is 0.357 e. The summed E-state index contributed by atoms with van der Waals surface area (Å²) in [5, 5.41) is 3.52. The van der Waals surface area contributed by atoms with E-state index in [1.165, 1.54) is 12.1 Å². The van der Waals surface area contributed by atoms with E-state index in [-0.39, 0.29) is 23.5 Å². The van der Waals surface area contributed by atoms with Crippen molar-refractivity contribution in [2.45, 2.75) is 45.1 Å². The predicted octanol–water partition coefficient (Wildman–Crippen LogP) is 6.77. The van der Waals surface area contributed by atoms with E-state index < -0.39 is 11.9 Å². The summed E-state index contributed by atoms with van der Waals surface area (Å²) in [7, 11) is 0. The number of halogens is 1. The van der Waals surface area contributed by atoms with Crippen LogP contribution < -0.4 is 10.2 Å². The van der Waals surface area contributed by atoms with Crippen LogP contribution in [0.5, 0.6) is 0 Å². The maximum Gasteiger partial charge on any atom is 0.228 e. The highest BCUT2D eigenvalue weighted by Crippen LogP contribution is 2.47. The van der Waals surface area contributed by atoms with E-state index in [1.54, 1.807) is 17.0 Å². The summed E-state index contributed by atoms with van der Waals surface area (Å²) in [6.07, 6.45) is 1.31. The Morgan fingerprint density at radius 1 is 0.971 bits per heavy atom. The molecule has 0 aromatic heterocycles. The number of nitrogens with zero attached hydrogens (tertiary/aromatic N) is 1. The third-order valence-corrected chi connectivity index (χ3v) is 6.78. The number of nitrogens with one attached hydrogen (secondary N) is 1. The van der Waals surface area contributed by atoms with Crippen molar-refractivity contribution in [2.75, 3.05) is 10.2 Å². The summed E-state index contributed by atoms with van der Waals surface area (Å²) in [6, 6.07) is 23.2. The van der Waals surface area contributed by atoms with Gasteiger partial charge in [0.1, 0.15) is 5.82 Å². The minimum atomic E-state index is -0.702. The van der Waals surface area contributed by atoms with E-state index in [2.05, 4.69) is 17.4 Å². The molecule has 4 nitrogen and oxygen atoms in total. The second-order valence-electron chi connectivity index (χ2n) is 9.79. The first kappa shape index (κ1) is 23.0. The summed E-state index contributed by atoms with van der Waals surface area (Å²) in [5.74, 6) is -0.325. The van der Waals surface area contributed by atoms with Gasteiger partial charge in [-0.2, -0.15) is 0 Å². The van der Waals surface area contributed by atoms with Crippen LogP contribution in [0.1, 0.15) is 56.2 Å². The van der Waals surface area contributed by atoms with Crippen molar-refractivity contribution in [3.63, 3.8) is 0 Å². The van der Waals surface area contributed by atoms with Crippen molar-refractivity contribution in [1.29, 1.82) is 0 Å². The first-order valence-electron chi connectivity index (χ1n) is 12.2. The summed E-state index contributed by atoms with van der Waals surface area (Å²) in [4.78, 5) is 29.3. The van der Waals surface area contributed by atoms with Crippen LogP contribution in [0, 0.1) is 11.7 Å². The van der Waals surface area contributed by atoms with Gasteiger partial charge in [0, 0.05) is 24.1 Å². The SMILES string of the molecule is CC(C)CC(=O)N1c2ccccc2NC2=C(C(=O)C[C@H](c3ccccc3)C2)[C@H]1c1cccc(F)c1. The monoisotopic (exact) mass is 468 g/mol. The van der Waals surface area contributed by atoms with Gasteiger partial charge in [-0.3, -0.25) is 14.5 Å². The van der Waals surface area contributed by atoms with E-state index in [9.17, 15) is 14.0 Å². The number of carbonyl (C=O) groups excluding carboxylic acids is 2. The molecule has 3 aromatic rings. The number of anilines is 2. The third-order valence-electron chi connectivity index (χ3n) is 6.78. The molecule has 1 heterocycles. The second kappa shape index (κ2) is 9.49. The summed E-state index contributed by atoms with van der Waals surface area (Å²) in [6.45, 7) is 4.00. The first-order valence-corrected chi connectivity index (χ1v) is 12.2. The Balaban J connectivity index is 1.71. The predicted molar refractivity (Wildman–Crippen MR) is 137 cm³/mol. The Morgan fingerprint density at radius 3 is 2.43 bits per heavy atom. The van der Waals surface area contributed by atoms with E-state index >= 15 is 0 Å². The van der Waals surface area contributed by atoms with Gasteiger partial charge in [0.25, 0.3) is 0 Å². The Hall–Kier alpha value is -3.73. The number of rotatable bonds is 4. The van der Waals surface area contributed by atoms with Crippen molar-refractivity contribution in [3.8, 4) is 0 Å². The molecule has 0 unspecified atom stereocenters. The van der Waals surface area contributed by atoms with Crippen LogP contribution in [-0.2, 0) is 9.59 Å². The molecule has 0 fully saturated rings. The Kier molecular flexibility index (Phi) is 6.25. The van der Waals surface area contributed by atoms with Gasteiger partial charge in [0.15, 0.2) is 5.78 Å². The molecule has 0 saturated carbocycles. The second-order valence-corrected chi connectivity index (χ2v) is 9.79. The van der Waals surface area contributed by atoms with Gasteiger partial charge in [-0.15, -0.1) is 0 Å². The van der Waals surface area contributed by atoms with E-state index in [1.807, 2.05) is 56.3 Å². The van der Waals surface area contributed by atoms with Gasteiger partial charge in [-0.25, -0.2) is 4.39 Å². The average molecular weight is 469 g/mol. The average Bonchev–Trinajstić information content (AvgIpc) is 2.99. The van der Waals surface area contributed by atoms with Gasteiger partial charge in [0.05, 0.1) is 17.4 Å². The first-order chi connectivity index (χ1) is 16.9. The molecule has 1 aliphatic heterocycles. The molecule has 5 rings (SSSR count). The van der Waals surface area contributed by atoms with Crippen LogP contribution >= 0.6 is 0 Å². The number of ketones is 1. The molecular weight excluding hydrogens is 439 g/mol. The quantitative estimate of drug-likeness (QED) is 0.460. The molecule has 0 spiro atoms. The molecule has 3 aromatic carbocycles. The third kappa shape index (κ3) is 4.51.